The Labute approximate surface area is 181 Å². The fourth-order valence-electron chi connectivity index (χ4n) is 3.57. The van der Waals surface area contributed by atoms with Crippen LogP contribution in [-0.2, 0) is 13.0 Å². The van der Waals surface area contributed by atoms with Crippen molar-refractivity contribution in [3.63, 3.8) is 0 Å². The van der Waals surface area contributed by atoms with Crippen molar-refractivity contribution in [3.05, 3.63) is 82.0 Å². The van der Waals surface area contributed by atoms with E-state index in [2.05, 4.69) is 13.8 Å². The van der Waals surface area contributed by atoms with E-state index in [4.69, 9.17) is 0 Å². The van der Waals surface area contributed by atoms with E-state index in [0.29, 0.717) is 18.0 Å². The highest BCUT2D eigenvalue weighted by Gasteiger charge is 2.16. The molecule has 0 fully saturated rings. The molecule has 0 saturated carbocycles. The summed E-state index contributed by atoms with van der Waals surface area (Å²) in [5, 5.41) is 9.43. The first-order chi connectivity index (χ1) is 14.8. The third-order valence-electron chi connectivity index (χ3n) is 5.37. The van der Waals surface area contributed by atoms with Crippen molar-refractivity contribution < 1.29 is 14.7 Å². The molecule has 0 aliphatic carbocycles. The van der Waals surface area contributed by atoms with Crippen LogP contribution in [0.25, 0.3) is 11.1 Å². The number of nitrogens with zero attached hydrogens (tertiary/aromatic N) is 2. The number of aromatic carboxylic acids is 1. The van der Waals surface area contributed by atoms with Gasteiger partial charge in [0.15, 0.2) is 0 Å². The molecule has 6 nitrogen and oxygen atoms in total. The molecule has 0 bridgehead atoms. The minimum atomic E-state index is -0.969. The van der Waals surface area contributed by atoms with Crippen LogP contribution in [-0.4, -0.2) is 26.1 Å². The van der Waals surface area contributed by atoms with Crippen LogP contribution in [0.15, 0.2) is 59.5 Å². The summed E-state index contributed by atoms with van der Waals surface area (Å²) in [6.07, 6.45) is 3.59. The SMILES string of the molecule is CCC(=O)n1cc(CCC(C)C)n(Cc2ccc(-c3ccccc3C(=O)O)cc2)c1=O. The monoisotopic (exact) mass is 420 g/mol. The maximum absolute atomic E-state index is 12.9. The van der Waals surface area contributed by atoms with E-state index in [9.17, 15) is 19.5 Å². The van der Waals surface area contributed by atoms with Gasteiger partial charge in [-0.05, 0) is 41.5 Å². The smallest absolute Gasteiger partial charge is 0.336 e. The molecule has 2 aromatic carbocycles. The zero-order valence-electron chi connectivity index (χ0n) is 18.2. The standard InChI is InChI=1S/C25H28N2O4/c1-4-23(28)27-16-20(14-9-17(2)3)26(25(27)31)15-18-10-12-19(13-11-18)21-7-5-6-8-22(21)24(29)30/h5-8,10-13,16-17H,4,9,14-15H2,1-3H3,(H,29,30). The molecule has 3 aromatic rings. The zero-order chi connectivity index (χ0) is 22.5. The molecule has 0 radical (unpaired) electrons. The summed E-state index contributed by atoms with van der Waals surface area (Å²) in [6.45, 7) is 6.36. The Morgan fingerprint density at radius 2 is 1.71 bits per heavy atom. The van der Waals surface area contributed by atoms with Gasteiger partial charge in [0.1, 0.15) is 0 Å². The van der Waals surface area contributed by atoms with Gasteiger partial charge in [0.2, 0.25) is 5.91 Å². The average molecular weight is 421 g/mol. The van der Waals surface area contributed by atoms with Crippen LogP contribution >= 0.6 is 0 Å². The first kappa shape index (κ1) is 22.3. The molecule has 3 rings (SSSR count). The lowest BCUT2D eigenvalue weighted by Gasteiger charge is -2.10. The van der Waals surface area contributed by atoms with Crippen molar-refractivity contribution in [2.75, 3.05) is 0 Å². The molecule has 1 N–H and O–H groups in total. The van der Waals surface area contributed by atoms with E-state index in [1.54, 1.807) is 35.9 Å². The van der Waals surface area contributed by atoms with E-state index >= 15 is 0 Å². The highest BCUT2D eigenvalue weighted by atomic mass is 16.4. The largest absolute Gasteiger partial charge is 0.478 e. The van der Waals surface area contributed by atoms with Crippen LogP contribution in [0.4, 0.5) is 0 Å². The third-order valence-corrected chi connectivity index (χ3v) is 5.37. The Hall–Kier alpha value is -3.41. The molecule has 0 spiro atoms. The second-order valence-corrected chi connectivity index (χ2v) is 8.09. The number of aryl methyl sites for hydroxylation is 1. The van der Waals surface area contributed by atoms with Crippen molar-refractivity contribution in [1.82, 2.24) is 9.13 Å². The maximum atomic E-state index is 12.9. The van der Waals surface area contributed by atoms with Crippen molar-refractivity contribution in [3.8, 4) is 11.1 Å². The molecule has 162 valence electrons. The number of carbonyl (C=O) groups excluding carboxylic acids is 1. The van der Waals surface area contributed by atoms with E-state index < -0.39 is 5.97 Å². The van der Waals surface area contributed by atoms with Crippen LogP contribution in [0.3, 0.4) is 0 Å². The first-order valence-corrected chi connectivity index (χ1v) is 10.6. The van der Waals surface area contributed by atoms with Crippen LogP contribution < -0.4 is 5.69 Å². The number of carboxylic acids is 1. The predicted molar refractivity (Wildman–Crippen MR) is 121 cm³/mol. The second kappa shape index (κ2) is 9.60. The van der Waals surface area contributed by atoms with E-state index in [0.717, 1.165) is 29.7 Å². The molecule has 0 aliphatic rings. The maximum Gasteiger partial charge on any atom is 0.336 e. The summed E-state index contributed by atoms with van der Waals surface area (Å²) in [7, 11) is 0. The highest BCUT2D eigenvalue weighted by molar-refractivity contribution is 5.96. The average Bonchev–Trinajstić information content (AvgIpc) is 3.07. The lowest BCUT2D eigenvalue weighted by molar-refractivity contribution is 0.0697. The molecule has 0 unspecified atom stereocenters. The van der Waals surface area contributed by atoms with Crippen molar-refractivity contribution in [1.29, 1.82) is 0 Å². The molecular formula is C25H28N2O4. The Kier molecular flexibility index (Phi) is 6.90. The zero-order valence-corrected chi connectivity index (χ0v) is 18.2. The molecular weight excluding hydrogens is 392 g/mol. The summed E-state index contributed by atoms with van der Waals surface area (Å²) < 4.78 is 2.88. The number of carboxylic acid groups (broad SMARTS) is 1. The lowest BCUT2D eigenvalue weighted by Crippen LogP contribution is -2.29. The molecule has 1 aromatic heterocycles. The van der Waals surface area contributed by atoms with Gasteiger partial charge in [-0.3, -0.25) is 9.36 Å². The number of rotatable bonds is 8. The minimum Gasteiger partial charge on any atom is -0.478 e. The Morgan fingerprint density at radius 1 is 1.03 bits per heavy atom. The van der Waals surface area contributed by atoms with E-state index in [1.165, 1.54) is 4.57 Å². The van der Waals surface area contributed by atoms with Gasteiger partial charge < -0.3 is 5.11 Å². The number of hydrogen-bond acceptors (Lipinski definition) is 3. The molecule has 0 saturated heterocycles. The van der Waals surface area contributed by atoms with Gasteiger partial charge >= 0.3 is 11.7 Å². The van der Waals surface area contributed by atoms with Crippen LogP contribution in [0, 0.1) is 5.92 Å². The fourth-order valence-corrected chi connectivity index (χ4v) is 3.57. The van der Waals surface area contributed by atoms with Crippen LogP contribution in [0.2, 0.25) is 0 Å². The Bertz CT molecular complexity index is 1140. The van der Waals surface area contributed by atoms with Crippen molar-refractivity contribution in [2.24, 2.45) is 5.92 Å². The Morgan fingerprint density at radius 3 is 2.32 bits per heavy atom. The van der Waals surface area contributed by atoms with Gasteiger partial charge in [0.05, 0.1) is 12.1 Å². The highest BCUT2D eigenvalue weighted by Crippen LogP contribution is 2.24. The van der Waals surface area contributed by atoms with Gasteiger partial charge in [-0.15, -0.1) is 0 Å². The molecule has 0 aliphatic heterocycles. The third kappa shape index (κ3) is 5.02. The summed E-state index contributed by atoms with van der Waals surface area (Å²) in [6, 6.07) is 14.4. The molecule has 1 heterocycles. The number of imidazole rings is 1. The van der Waals surface area contributed by atoms with E-state index in [-0.39, 0.29) is 23.6 Å². The summed E-state index contributed by atoms with van der Waals surface area (Å²) in [5.41, 5.74) is 3.14. The summed E-state index contributed by atoms with van der Waals surface area (Å²) in [4.78, 5) is 36.6. The van der Waals surface area contributed by atoms with Gasteiger partial charge in [0.25, 0.3) is 0 Å². The van der Waals surface area contributed by atoms with Crippen LogP contribution in [0.5, 0.6) is 0 Å². The summed E-state index contributed by atoms with van der Waals surface area (Å²) >= 11 is 0. The van der Waals surface area contributed by atoms with Crippen molar-refractivity contribution in [2.45, 2.75) is 46.6 Å². The number of benzene rings is 2. The minimum absolute atomic E-state index is 0.213. The van der Waals surface area contributed by atoms with Gasteiger partial charge in [0, 0.05) is 18.3 Å². The topological polar surface area (TPSA) is 81.3 Å². The molecule has 6 heteroatoms. The molecule has 0 amide bonds. The number of aromatic nitrogens is 2. The molecule has 31 heavy (non-hydrogen) atoms. The fraction of sp³-hybridized carbons (Fsp3) is 0.320. The quantitative estimate of drug-likeness (QED) is 0.573. The van der Waals surface area contributed by atoms with E-state index in [1.807, 2.05) is 30.3 Å². The Balaban J connectivity index is 1.92. The molecule has 0 atom stereocenters. The van der Waals surface area contributed by atoms with Gasteiger partial charge in [-0.2, -0.15) is 0 Å². The predicted octanol–water partition coefficient (Wildman–Crippen LogP) is 4.70. The normalized spacial score (nSPS) is 11.1. The first-order valence-electron chi connectivity index (χ1n) is 10.6. The lowest BCUT2D eigenvalue weighted by atomic mass is 9.98. The van der Waals surface area contributed by atoms with Crippen LogP contribution in [0.1, 0.15) is 60.0 Å². The van der Waals surface area contributed by atoms with Crippen molar-refractivity contribution >= 4 is 11.9 Å². The number of hydrogen-bond donors (Lipinski definition) is 1. The summed E-state index contributed by atoms with van der Waals surface area (Å²) in [5.74, 6) is -0.694. The second-order valence-electron chi connectivity index (χ2n) is 8.09. The number of carbonyl (C=O) groups is 2. The van der Waals surface area contributed by atoms with Gasteiger partial charge in [-0.1, -0.05) is 63.2 Å². The van der Waals surface area contributed by atoms with Gasteiger partial charge in [-0.25, -0.2) is 14.2 Å².